The molecule has 7 nitrogen and oxygen atoms in total. The highest BCUT2D eigenvalue weighted by Gasteiger charge is 2.28. The summed E-state index contributed by atoms with van der Waals surface area (Å²) in [5.74, 6) is 1.16. The largest absolute Gasteiger partial charge is 0.353 e. The molecule has 0 unspecified atom stereocenters. The number of thioether (sulfide) groups is 1. The predicted octanol–water partition coefficient (Wildman–Crippen LogP) is 3.53. The molecule has 2 heterocycles. The van der Waals surface area contributed by atoms with Crippen LogP contribution < -0.4 is 5.32 Å². The Balaban J connectivity index is 1.58. The van der Waals surface area contributed by atoms with Gasteiger partial charge >= 0.3 is 0 Å². The average molecular weight is 453 g/mol. The molecular weight excluding hydrogens is 428 g/mol. The normalized spacial score (nSPS) is 15.9. The Bertz CT molecular complexity index is 949. The van der Waals surface area contributed by atoms with Crippen LogP contribution in [0.1, 0.15) is 30.1 Å². The van der Waals surface area contributed by atoms with Gasteiger partial charge in [-0.1, -0.05) is 36.1 Å². The summed E-state index contributed by atoms with van der Waals surface area (Å²) in [6.07, 6.45) is 3.54. The number of rotatable bonds is 9. The van der Waals surface area contributed by atoms with Crippen LogP contribution in [0.25, 0.3) is 0 Å². The standard InChI is InChI=1S/C19H24N4O3S3/c1-3-12-27-19-22-21-18(28-19)20-13-17(24)15-4-6-16(7-5-15)29(25,26)23-10-8-14(2)9-11-23/h3-7,14H,1,8-13H2,2H3,(H,20,21). The van der Waals surface area contributed by atoms with Gasteiger partial charge in [-0.2, -0.15) is 4.31 Å². The summed E-state index contributed by atoms with van der Waals surface area (Å²) in [6.45, 7) is 6.96. The van der Waals surface area contributed by atoms with Crippen LogP contribution >= 0.6 is 23.1 Å². The van der Waals surface area contributed by atoms with E-state index in [2.05, 4.69) is 29.0 Å². The van der Waals surface area contributed by atoms with Crippen LogP contribution in [-0.2, 0) is 10.0 Å². The van der Waals surface area contributed by atoms with Crippen LogP contribution in [0.15, 0.2) is 46.2 Å². The molecular formula is C19H24N4O3S3. The third kappa shape index (κ3) is 5.65. The van der Waals surface area contributed by atoms with Crippen molar-refractivity contribution < 1.29 is 13.2 Å². The number of Topliss-reactive ketones (excluding diaryl/α,β-unsaturated/α-hetero) is 1. The van der Waals surface area contributed by atoms with E-state index in [-0.39, 0.29) is 17.2 Å². The van der Waals surface area contributed by atoms with E-state index in [4.69, 9.17) is 0 Å². The summed E-state index contributed by atoms with van der Waals surface area (Å²) in [7, 11) is -3.51. The lowest BCUT2D eigenvalue weighted by Gasteiger charge is -2.29. The Kier molecular flexibility index (Phi) is 7.44. The Hall–Kier alpha value is -1.75. The van der Waals surface area contributed by atoms with Crippen LogP contribution in [0.2, 0.25) is 0 Å². The molecule has 1 fully saturated rings. The molecule has 1 aromatic carbocycles. The van der Waals surface area contributed by atoms with Gasteiger partial charge in [0.1, 0.15) is 0 Å². The number of nitrogens with one attached hydrogen (secondary N) is 1. The molecule has 0 aliphatic carbocycles. The molecule has 0 saturated carbocycles. The molecule has 0 spiro atoms. The van der Waals surface area contributed by atoms with Crippen LogP contribution in [0.3, 0.4) is 0 Å². The van der Waals surface area contributed by atoms with Crippen LogP contribution in [0.5, 0.6) is 0 Å². The number of benzene rings is 1. The van der Waals surface area contributed by atoms with Crippen molar-refractivity contribution in [2.75, 3.05) is 30.7 Å². The number of aromatic nitrogens is 2. The lowest BCUT2D eigenvalue weighted by atomic mass is 10.0. The van der Waals surface area contributed by atoms with Gasteiger partial charge in [0.2, 0.25) is 15.2 Å². The molecule has 156 valence electrons. The maximum atomic E-state index is 12.8. The summed E-state index contributed by atoms with van der Waals surface area (Å²) in [5, 5.41) is 11.6. The van der Waals surface area contributed by atoms with Gasteiger partial charge in [-0.15, -0.1) is 16.8 Å². The topological polar surface area (TPSA) is 92.3 Å². The number of ketones is 1. The van der Waals surface area contributed by atoms with Crippen LogP contribution in [0.4, 0.5) is 5.13 Å². The van der Waals surface area contributed by atoms with E-state index in [0.29, 0.717) is 29.7 Å². The number of carbonyl (C=O) groups excluding carboxylic acids is 1. The number of sulfonamides is 1. The van der Waals surface area contributed by atoms with Crippen molar-refractivity contribution in [3.63, 3.8) is 0 Å². The fourth-order valence-electron chi connectivity index (χ4n) is 2.91. The van der Waals surface area contributed by atoms with E-state index in [1.807, 2.05) is 0 Å². The van der Waals surface area contributed by atoms with Gasteiger partial charge in [-0.3, -0.25) is 4.79 Å². The molecule has 0 amide bonds. The zero-order valence-corrected chi connectivity index (χ0v) is 18.7. The molecule has 1 N–H and O–H groups in total. The van der Waals surface area contributed by atoms with Gasteiger partial charge in [-0.25, -0.2) is 8.42 Å². The van der Waals surface area contributed by atoms with Gasteiger partial charge in [0, 0.05) is 24.4 Å². The Morgan fingerprint density at radius 1 is 1.31 bits per heavy atom. The van der Waals surface area contributed by atoms with E-state index in [1.54, 1.807) is 18.2 Å². The summed E-state index contributed by atoms with van der Waals surface area (Å²) in [5.41, 5.74) is 0.453. The first-order valence-electron chi connectivity index (χ1n) is 9.34. The number of carbonyl (C=O) groups is 1. The second-order valence-corrected chi connectivity index (χ2v) is 11.0. The number of piperidine rings is 1. The Morgan fingerprint density at radius 3 is 2.66 bits per heavy atom. The maximum Gasteiger partial charge on any atom is 0.243 e. The van der Waals surface area contributed by atoms with E-state index in [9.17, 15) is 13.2 Å². The van der Waals surface area contributed by atoms with Gasteiger partial charge in [-0.05, 0) is 43.0 Å². The number of hydrogen-bond donors (Lipinski definition) is 1. The maximum absolute atomic E-state index is 12.8. The van der Waals surface area contributed by atoms with Gasteiger partial charge in [0.15, 0.2) is 10.1 Å². The van der Waals surface area contributed by atoms with E-state index >= 15 is 0 Å². The molecule has 3 rings (SSSR count). The van der Waals surface area contributed by atoms with Gasteiger partial charge in [0.25, 0.3) is 0 Å². The van der Waals surface area contributed by atoms with Crippen molar-refractivity contribution in [1.82, 2.24) is 14.5 Å². The second-order valence-electron chi connectivity index (χ2n) is 6.86. The first kappa shape index (κ1) is 21.9. The minimum atomic E-state index is -3.51. The zero-order chi connectivity index (χ0) is 20.9. The highest BCUT2D eigenvalue weighted by molar-refractivity contribution is 8.01. The minimum Gasteiger partial charge on any atom is -0.353 e. The molecule has 0 radical (unpaired) electrons. The third-order valence-corrected chi connectivity index (χ3v) is 8.61. The fraction of sp³-hybridized carbons (Fsp3) is 0.421. The number of anilines is 1. The van der Waals surface area contributed by atoms with Crippen molar-refractivity contribution >= 4 is 44.0 Å². The van der Waals surface area contributed by atoms with E-state index < -0.39 is 10.0 Å². The summed E-state index contributed by atoms with van der Waals surface area (Å²) < 4.78 is 27.9. The van der Waals surface area contributed by atoms with Crippen molar-refractivity contribution in [3.05, 3.63) is 42.5 Å². The van der Waals surface area contributed by atoms with Crippen LogP contribution in [-0.4, -0.2) is 54.1 Å². The van der Waals surface area contributed by atoms with E-state index in [0.717, 1.165) is 22.9 Å². The smallest absolute Gasteiger partial charge is 0.243 e. The molecule has 1 aromatic heterocycles. The molecule has 0 bridgehead atoms. The van der Waals surface area contributed by atoms with Crippen molar-refractivity contribution in [2.24, 2.45) is 5.92 Å². The number of hydrogen-bond acceptors (Lipinski definition) is 8. The summed E-state index contributed by atoms with van der Waals surface area (Å²) in [4.78, 5) is 12.6. The molecule has 0 atom stereocenters. The predicted molar refractivity (Wildman–Crippen MR) is 117 cm³/mol. The second kappa shape index (κ2) is 9.84. The molecule has 1 aliphatic rings. The first-order valence-corrected chi connectivity index (χ1v) is 12.6. The van der Waals surface area contributed by atoms with Gasteiger partial charge < -0.3 is 5.32 Å². The lowest BCUT2D eigenvalue weighted by molar-refractivity contribution is 0.101. The van der Waals surface area contributed by atoms with Crippen molar-refractivity contribution in [2.45, 2.75) is 29.0 Å². The molecule has 1 saturated heterocycles. The van der Waals surface area contributed by atoms with E-state index in [1.165, 1.54) is 39.5 Å². The minimum absolute atomic E-state index is 0.0663. The quantitative estimate of drug-likeness (QED) is 0.353. The monoisotopic (exact) mass is 452 g/mol. The highest BCUT2D eigenvalue weighted by Crippen LogP contribution is 2.26. The Morgan fingerprint density at radius 2 is 2.00 bits per heavy atom. The van der Waals surface area contributed by atoms with Crippen molar-refractivity contribution in [3.8, 4) is 0 Å². The molecule has 10 heteroatoms. The highest BCUT2D eigenvalue weighted by atomic mass is 32.2. The molecule has 1 aliphatic heterocycles. The Labute approximate surface area is 179 Å². The van der Waals surface area contributed by atoms with Crippen molar-refractivity contribution in [1.29, 1.82) is 0 Å². The third-order valence-electron chi connectivity index (χ3n) is 4.69. The summed E-state index contributed by atoms with van der Waals surface area (Å²) >= 11 is 2.91. The fourth-order valence-corrected chi connectivity index (χ4v) is 5.89. The SMILES string of the molecule is C=CCSc1nnc(NCC(=O)c2ccc(S(=O)(=O)N3CCC(C)CC3)cc2)s1. The lowest BCUT2D eigenvalue weighted by Crippen LogP contribution is -2.37. The first-order chi connectivity index (χ1) is 13.9. The zero-order valence-electron chi connectivity index (χ0n) is 16.2. The molecule has 29 heavy (non-hydrogen) atoms. The van der Waals surface area contributed by atoms with Gasteiger partial charge in [0.05, 0.1) is 11.4 Å². The molecule has 2 aromatic rings. The number of nitrogens with zero attached hydrogens (tertiary/aromatic N) is 3. The van der Waals surface area contributed by atoms with Crippen LogP contribution in [0, 0.1) is 5.92 Å². The average Bonchev–Trinajstić information content (AvgIpc) is 3.18. The summed E-state index contributed by atoms with van der Waals surface area (Å²) in [6, 6.07) is 6.15.